The number of carbonyl (C=O) groups is 2. The van der Waals surface area contributed by atoms with E-state index in [9.17, 15) is 9.59 Å². The molecule has 0 saturated carbocycles. The Kier molecular flexibility index (Phi) is 5.43. The van der Waals surface area contributed by atoms with E-state index >= 15 is 0 Å². The standard InChI is InChI=1S/C22H22N4O3/c23-14-16-3-8-20(24-15-16)25-12-9-17(10-13-25)22(28)29-19-6-4-18(5-7-19)26-11-1-2-21(26)27/h3-8,15,17H,1-2,9-13H2. The highest BCUT2D eigenvalue weighted by atomic mass is 16.5. The Bertz CT molecular complexity index is 926. The van der Waals surface area contributed by atoms with Gasteiger partial charge in [-0.3, -0.25) is 9.59 Å². The molecule has 148 valence electrons. The van der Waals surface area contributed by atoms with Crippen LogP contribution in [0.2, 0.25) is 0 Å². The van der Waals surface area contributed by atoms with Crippen LogP contribution in [-0.2, 0) is 9.59 Å². The third-order valence-corrected chi connectivity index (χ3v) is 5.47. The van der Waals surface area contributed by atoms with Crippen molar-refractivity contribution in [1.82, 2.24) is 4.98 Å². The van der Waals surface area contributed by atoms with E-state index in [0.717, 1.165) is 24.5 Å². The first-order chi connectivity index (χ1) is 14.1. The second kappa shape index (κ2) is 8.31. The number of pyridine rings is 1. The van der Waals surface area contributed by atoms with Crippen LogP contribution in [0.25, 0.3) is 0 Å². The maximum Gasteiger partial charge on any atom is 0.314 e. The first-order valence-corrected chi connectivity index (χ1v) is 9.87. The summed E-state index contributed by atoms with van der Waals surface area (Å²) in [5, 5.41) is 8.87. The van der Waals surface area contributed by atoms with Crippen molar-refractivity contribution in [2.24, 2.45) is 5.92 Å². The number of carbonyl (C=O) groups excluding carboxylic acids is 2. The number of aromatic nitrogens is 1. The molecule has 0 bridgehead atoms. The molecular weight excluding hydrogens is 368 g/mol. The lowest BCUT2D eigenvalue weighted by Gasteiger charge is -2.31. The van der Waals surface area contributed by atoms with E-state index in [-0.39, 0.29) is 17.8 Å². The van der Waals surface area contributed by atoms with E-state index in [1.165, 1.54) is 0 Å². The average Bonchev–Trinajstić information content (AvgIpc) is 3.20. The highest BCUT2D eigenvalue weighted by molar-refractivity contribution is 5.95. The smallest absolute Gasteiger partial charge is 0.314 e. The van der Waals surface area contributed by atoms with Crippen molar-refractivity contribution in [1.29, 1.82) is 5.26 Å². The Morgan fingerprint density at radius 2 is 1.86 bits per heavy atom. The fraction of sp³-hybridized carbons (Fsp3) is 0.364. The highest BCUT2D eigenvalue weighted by Gasteiger charge is 2.27. The van der Waals surface area contributed by atoms with E-state index in [1.54, 1.807) is 29.3 Å². The molecule has 3 heterocycles. The molecule has 0 N–H and O–H groups in total. The Morgan fingerprint density at radius 1 is 1.10 bits per heavy atom. The van der Waals surface area contributed by atoms with Gasteiger partial charge in [0.25, 0.3) is 0 Å². The van der Waals surface area contributed by atoms with Gasteiger partial charge < -0.3 is 14.5 Å². The van der Waals surface area contributed by atoms with E-state index in [2.05, 4.69) is 16.0 Å². The van der Waals surface area contributed by atoms with Crippen molar-refractivity contribution in [3.05, 3.63) is 48.2 Å². The van der Waals surface area contributed by atoms with Crippen LogP contribution in [0, 0.1) is 17.2 Å². The zero-order chi connectivity index (χ0) is 20.2. The van der Waals surface area contributed by atoms with Gasteiger partial charge in [-0.25, -0.2) is 4.98 Å². The molecule has 0 atom stereocenters. The Morgan fingerprint density at radius 3 is 2.45 bits per heavy atom. The van der Waals surface area contributed by atoms with E-state index in [4.69, 9.17) is 10.00 Å². The van der Waals surface area contributed by atoms with Crippen molar-refractivity contribution in [3.63, 3.8) is 0 Å². The lowest BCUT2D eigenvalue weighted by atomic mass is 9.97. The second-order valence-electron chi connectivity index (χ2n) is 7.34. The van der Waals surface area contributed by atoms with Crippen LogP contribution in [0.5, 0.6) is 5.75 Å². The molecule has 29 heavy (non-hydrogen) atoms. The van der Waals surface area contributed by atoms with Crippen LogP contribution < -0.4 is 14.5 Å². The zero-order valence-corrected chi connectivity index (χ0v) is 16.1. The van der Waals surface area contributed by atoms with Gasteiger partial charge in [-0.05, 0) is 55.7 Å². The monoisotopic (exact) mass is 390 g/mol. The first kappa shape index (κ1) is 18.9. The molecule has 1 amide bonds. The molecule has 2 aromatic rings. The van der Waals surface area contributed by atoms with Gasteiger partial charge in [-0.15, -0.1) is 0 Å². The van der Waals surface area contributed by atoms with E-state index in [1.807, 2.05) is 18.2 Å². The molecule has 2 aliphatic heterocycles. The number of hydrogen-bond donors (Lipinski definition) is 0. The summed E-state index contributed by atoms with van der Waals surface area (Å²) in [6, 6.07) is 12.8. The summed E-state index contributed by atoms with van der Waals surface area (Å²) in [5.74, 6) is 1.09. The lowest BCUT2D eigenvalue weighted by molar-refractivity contribution is -0.139. The molecule has 2 fully saturated rings. The van der Waals surface area contributed by atoms with Gasteiger partial charge in [0, 0.05) is 37.9 Å². The van der Waals surface area contributed by atoms with Crippen molar-refractivity contribution in [2.75, 3.05) is 29.4 Å². The van der Waals surface area contributed by atoms with Gasteiger partial charge in [0.2, 0.25) is 5.91 Å². The topological polar surface area (TPSA) is 86.5 Å². The molecule has 7 nitrogen and oxygen atoms in total. The van der Waals surface area contributed by atoms with E-state index in [0.29, 0.717) is 43.7 Å². The number of rotatable bonds is 4. The number of benzene rings is 1. The molecular formula is C22H22N4O3. The minimum Gasteiger partial charge on any atom is -0.426 e. The summed E-state index contributed by atoms with van der Waals surface area (Å²) in [6.45, 7) is 2.17. The van der Waals surface area contributed by atoms with E-state index < -0.39 is 0 Å². The number of nitriles is 1. The molecule has 0 radical (unpaired) electrons. The maximum absolute atomic E-state index is 12.5. The van der Waals surface area contributed by atoms with Crippen LogP contribution >= 0.6 is 0 Å². The minimum absolute atomic E-state index is 0.137. The third-order valence-electron chi connectivity index (χ3n) is 5.47. The highest BCUT2D eigenvalue weighted by Crippen LogP contribution is 2.26. The summed E-state index contributed by atoms with van der Waals surface area (Å²) in [4.78, 5) is 32.5. The first-order valence-electron chi connectivity index (χ1n) is 9.87. The zero-order valence-electron chi connectivity index (χ0n) is 16.1. The fourth-order valence-electron chi connectivity index (χ4n) is 3.80. The van der Waals surface area contributed by atoms with Crippen LogP contribution in [0.1, 0.15) is 31.2 Å². The van der Waals surface area contributed by atoms with Gasteiger partial charge >= 0.3 is 5.97 Å². The summed E-state index contributed by atoms with van der Waals surface area (Å²) in [7, 11) is 0. The van der Waals surface area contributed by atoms with Crippen molar-refractivity contribution >= 4 is 23.4 Å². The van der Waals surface area contributed by atoms with Crippen LogP contribution in [0.4, 0.5) is 11.5 Å². The summed E-state index contributed by atoms with van der Waals surface area (Å²) >= 11 is 0. The van der Waals surface area contributed by atoms with Crippen molar-refractivity contribution < 1.29 is 14.3 Å². The van der Waals surface area contributed by atoms with Crippen LogP contribution in [0.3, 0.4) is 0 Å². The second-order valence-corrected chi connectivity index (χ2v) is 7.34. The van der Waals surface area contributed by atoms with Crippen LogP contribution in [-0.4, -0.2) is 36.5 Å². The summed E-state index contributed by atoms with van der Waals surface area (Å²) < 4.78 is 5.56. The third kappa shape index (κ3) is 4.21. The quantitative estimate of drug-likeness (QED) is 0.589. The molecule has 4 rings (SSSR count). The minimum atomic E-state index is -0.220. The van der Waals surface area contributed by atoms with Crippen molar-refractivity contribution in [3.8, 4) is 11.8 Å². The van der Waals surface area contributed by atoms with Crippen molar-refractivity contribution in [2.45, 2.75) is 25.7 Å². The van der Waals surface area contributed by atoms with Gasteiger partial charge in [-0.1, -0.05) is 0 Å². The summed E-state index contributed by atoms with van der Waals surface area (Å²) in [6.07, 6.45) is 4.43. The van der Waals surface area contributed by atoms with Crippen LogP contribution in [0.15, 0.2) is 42.6 Å². The van der Waals surface area contributed by atoms with Gasteiger partial charge in [0.05, 0.1) is 11.5 Å². The summed E-state index contributed by atoms with van der Waals surface area (Å²) in [5.41, 5.74) is 1.38. The predicted molar refractivity (Wildman–Crippen MR) is 108 cm³/mol. The molecule has 1 aromatic heterocycles. The lowest BCUT2D eigenvalue weighted by Crippen LogP contribution is -2.38. The Balaban J connectivity index is 1.30. The maximum atomic E-state index is 12.5. The van der Waals surface area contributed by atoms with Gasteiger partial charge in [-0.2, -0.15) is 5.26 Å². The molecule has 0 aliphatic carbocycles. The number of nitrogens with zero attached hydrogens (tertiary/aromatic N) is 4. The molecule has 7 heteroatoms. The SMILES string of the molecule is N#Cc1ccc(N2CCC(C(=O)Oc3ccc(N4CCCC4=O)cc3)CC2)nc1. The van der Waals surface area contributed by atoms with Gasteiger partial charge in [0.15, 0.2) is 0 Å². The number of esters is 1. The largest absolute Gasteiger partial charge is 0.426 e. The number of anilines is 2. The molecule has 0 unspecified atom stereocenters. The predicted octanol–water partition coefficient (Wildman–Crippen LogP) is 2.90. The van der Waals surface area contributed by atoms with Gasteiger partial charge in [0.1, 0.15) is 17.6 Å². The molecule has 2 aliphatic rings. The molecule has 1 aromatic carbocycles. The Hall–Kier alpha value is -3.40. The normalized spacial score (nSPS) is 17.3. The fourth-order valence-corrected chi connectivity index (χ4v) is 3.80. The molecule has 2 saturated heterocycles. The Labute approximate surface area is 169 Å². The molecule has 0 spiro atoms. The number of piperidine rings is 1. The average molecular weight is 390 g/mol. The number of ether oxygens (including phenoxy) is 1. The number of amides is 1. The number of hydrogen-bond acceptors (Lipinski definition) is 6.